The summed E-state index contributed by atoms with van der Waals surface area (Å²) in [4.78, 5) is 41.9. The third-order valence-corrected chi connectivity index (χ3v) is 2.90. The van der Waals surface area contributed by atoms with E-state index in [2.05, 4.69) is 9.78 Å². The van der Waals surface area contributed by atoms with Crippen molar-refractivity contribution in [1.29, 1.82) is 0 Å². The fourth-order valence-electron chi connectivity index (χ4n) is 1.70. The first-order chi connectivity index (χ1) is 12.1. The van der Waals surface area contributed by atoms with E-state index in [0.29, 0.717) is 19.3 Å². The molecule has 0 aliphatic heterocycles. The minimum absolute atomic E-state index is 0.0136. The van der Waals surface area contributed by atoms with Gasteiger partial charge in [0.1, 0.15) is 25.9 Å². The molecule has 0 aromatic rings. The molecule has 0 aromatic heterocycles. The van der Waals surface area contributed by atoms with Gasteiger partial charge in [0.25, 0.3) is 0 Å². The first-order valence-corrected chi connectivity index (χ1v) is 8.35. The van der Waals surface area contributed by atoms with Gasteiger partial charge < -0.3 is 14.2 Å². The summed E-state index contributed by atoms with van der Waals surface area (Å²) in [6, 6.07) is 0. The van der Waals surface area contributed by atoms with Crippen molar-refractivity contribution in [2.75, 3.05) is 40.6 Å². The lowest BCUT2D eigenvalue weighted by Gasteiger charge is -2.21. The summed E-state index contributed by atoms with van der Waals surface area (Å²) in [7, 11) is 2.74. The molecule has 0 saturated carbocycles. The summed E-state index contributed by atoms with van der Waals surface area (Å²) in [6.45, 7) is 3.86. The maximum atomic E-state index is 11.7. The predicted octanol–water partition coefficient (Wildman–Crippen LogP) is 1.58. The molecule has 0 N–H and O–H groups in total. The molecule has 9 heteroatoms. The van der Waals surface area contributed by atoms with E-state index in [-0.39, 0.29) is 44.8 Å². The van der Waals surface area contributed by atoms with Crippen LogP contribution >= 0.6 is 0 Å². The lowest BCUT2D eigenvalue weighted by molar-refractivity contribution is -0.318. The van der Waals surface area contributed by atoms with Gasteiger partial charge in [-0.1, -0.05) is 13.8 Å². The van der Waals surface area contributed by atoms with Gasteiger partial charge in [-0.25, -0.2) is 19.6 Å². The van der Waals surface area contributed by atoms with Crippen LogP contribution in [0.15, 0.2) is 0 Å². The summed E-state index contributed by atoms with van der Waals surface area (Å²) in [5, 5.41) is 0. The van der Waals surface area contributed by atoms with E-state index in [1.807, 2.05) is 13.8 Å². The van der Waals surface area contributed by atoms with Gasteiger partial charge in [-0.3, -0.25) is 9.59 Å². The second-order valence-electron chi connectivity index (χ2n) is 5.15. The number of carbonyl (C=O) groups is 2. The Kier molecular flexibility index (Phi) is 15.4. The molecule has 0 fully saturated rings. The van der Waals surface area contributed by atoms with Crippen molar-refractivity contribution in [3.05, 3.63) is 0 Å². The van der Waals surface area contributed by atoms with Crippen LogP contribution < -0.4 is 0 Å². The van der Waals surface area contributed by atoms with Crippen molar-refractivity contribution in [2.45, 2.75) is 51.7 Å². The smallest absolute Gasteiger partial charge is 0.306 e. The van der Waals surface area contributed by atoms with Crippen LogP contribution in [-0.2, 0) is 43.3 Å². The van der Waals surface area contributed by atoms with Gasteiger partial charge in [0.05, 0.1) is 20.8 Å². The van der Waals surface area contributed by atoms with Crippen LogP contribution in [0, 0.1) is 0 Å². The SMILES string of the molecule is CCCC(=O)OCC(COC(COOC)COOC)OC(=O)CCC. The van der Waals surface area contributed by atoms with E-state index < -0.39 is 12.2 Å². The number of esters is 2. The Labute approximate surface area is 148 Å². The molecule has 1 atom stereocenters. The van der Waals surface area contributed by atoms with E-state index in [4.69, 9.17) is 24.0 Å². The first kappa shape index (κ1) is 23.7. The topological polar surface area (TPSA) is 98.8 Å². The van der Waals surface area contributed by atoms with Crippen LogP contribution in [0.4, 0.5) is 0 Å². The average molecular weight is 366 g/mol. The first-order valence-electron chi connectivity index (χ1n) is 8.35. The molecule has 0 spiro atoms. The Bertz CT molecular complexity index is 340. The van der Waals surface area contributed by atoms with Crippen LogP contribution in [0.5, 0.6) is 0 Å². The number of hydrogen-bond acceptors (Lipinski definition) is 9. The molecule has 0 radical (unpaired) electrons. The zero-order chi connectivity index (χ0) is 18.9. The zero-order valence-corrected chi connectivity index (χ0v) is 15.5. The van der Waals surface area contributed by atoms with Crippen molar-refractivity contribution in [1.82, 2.24) is 0 Å². The number of hydrogen-bond donors (Lipinski definition) is 0. The van der Waals surface area contributed by atoms with Gasteiger partial charge in [0.15, 0.2) is 6.10 Å². The van der Waals surface area contributed by atoms with E-state index in [1.165, 1.54) is 14.2 Å². The van der Waals surface area contributed by atoms with Crippen LogP contribution in [0.1, 0.15) is 39.5 Å². The van der Waals surface area contributed by atoms with Gasteiger partial charge in [-0.15, -0.1) is 0 Å². The number of rotatable bonds is 16. The number of carbonyl (C=O) groups excluding carboxylic acids is 2. The molecule has 0 amide bonds. The fraction of sp³-hybridized carbons (Fsp3) is 0.875. The molecule has 0 bridgehead atoms. The summed E-state index contributed by atoms with van der Waals surface area (Å²) in [6.07, 6.45) is 0.699. The van der Waals surface area contributed by atoms with Gasteiger partial charge in [-0.05, 0) is 12.8 Å². The molecule has 148 valence electrons. The minimum Gasteiger partial charge on any atom is -0.462 e. The summed E-state index contributed by atoms with van der Waals surface area (Å²) in [5.41, 5.74) is 0. The monoisotopic (exact) mass is 366 g/mol. The van der Waals surface area contributed by atoms with Crippen molar-refractivity contribution in [3.8, 4) is 0 Å². The van der Waals surface area contributed by atoms with Crippen molar-refractivity contribution in [2.24, 2.45) is 0 Å². The fourth-order valence-corrected chi connectivity index (χ4v) is 1.70. The third kappa shape index (κ3) is 13.7. The van der Waals surface area contributed by atoms with Crippen molar-refractivity contribution < 1.29 is 43.3 Å². The van der Waals surface area contributed by atoms with Crippen molar-refractivity contribution >= 4 is 11.9 Å². The van der Waals surface area contributed by atoms with Crippen LogP contribution in [0.3, 0.4) is 0 Å². The van der Waals surface area contributed by atoms with E-state index in [0.717, 1.165) is 0 Å². The molecule has 0 heterocycles. The Morgan fingerprint density at radius 2 is 1.32 bits per heavy atom. The molecule has 0 rings (SSSR count). The Balaban J connectivity index is 4.53. The van der Waals surface area contributed by atoms with Crippen LogP contribution in [0.2, 0.25) is 0 Å². The average Bonchev–Trinajstić information content (AvgIpc) is 2.59. The normalized spacial score (nSPS) is 12.2. The molecule has 1 unspecified atom stereocenters. The van der Waals surface area contributed by atoms with E-state index in [9.17, 15) is 9.59 Å². The molecule has 0 aromatic carbocycles. The predicted molar refractivity (Wildman–Crippen MR) is 86.3 cm³/mol. The molecule has 9 nitrogen and oxygen atoms in total. The molecular weight excluding hydrogens is 336 g/mol. The van der Waals surface area contributed by atoms with E-state index >= 15 is 0 Å². The highest BCUT2D eigenvalue weighted by Crippen LogP contribution is 2.05. The molecular formula is C16H30O9. The number of ether oxygens (including phenoxy) is 3. The summed E-state index contributed by atoms with van der Waals surface area (Å²) in [5.74, 6) is -0.721. The highest BCUT2D eigenvalue weighted by atomic mass is 17.2. The second kappa shape index (κ2) is 16.2. The van der Waals surface area contributed by atoms with Gasteiger partial charge >= 0.3 is 11.9 Å². The molecule has 0 aliphatic rings. The quantitative estimate of drug-likeness (QED) is 0.229. The van der Waals surface area contributed by atoms with Crippen LogP contribution in [-0.4, -0.2) is 64.8 Å². The maximum absolute atomic E-state index is 11.7. The minimum atomic E-state index is -0.715. The Hall–Kier alpha value is -1.26. The van der Waals surface area contributed by atoms with Crippen molar-refractivity contribution in [3.63, 3.8) is 0 Å². The summed E-state index contributed by atoms with van der Waals surface area (Å²) < 4.78 is 16.0. The highest BCUT2D eigenvalue weighted by molar-refractivity contribution is 5.70. The lowest BCUT2D eigenvalue weighted by atomic mass is 10.3. The van der Waals surface area contributed by atoms with Gasteiger partial charge in [-0.2, -0.15) is 0 Å². The van der Waals surface area contributed by atoms with Gasteiger partial charge in [0.2, 0.25) is 0 Å². The van der Waals surface area contributed by atoms with Crippen LogP contribution in [0.25, 0.3) is 0 Å². The van der Waals surface area contributed by atoms with E-state index in [1.54, 1.807) is 0 Å². The molecule has 0 saturated heterocycles. The lowest BCUT2D eigenvalue weighted by Crippen LogP contribution is -2.34. The zero-order valence-electron chi connectivity index (χ0n) is 15.5. The maximum Gasteiger partial charge on any atom is 0.306 e. The summed E-state index contributed by atoms with van der Waals surface area (Å²) >= 11 is 0. The third-order valence-electron chi connectivity index (χ3n) is 2.90. The Morgan fingerprint density at radius 3 is 1.84 bits per heavy atom. The molecule has 0 aliphatic carbocycles. The highest BCUT2D eigenvalue weighted by Gasteiger charge is 2.20. The largest absolute Gasteiger partial charge is 0.462 e. The molecule has 25 heavy (non-hydrogen) atoms. The second-order valence-corrected chi connectivity index (χ2v) is 5.15. The standard InChI is InChI=1S/C16H30O9/c1-5-7-15(17)22-10-14(25-16(18)8-6-2)9-21-13(11-23-19-3)12-24-20-4/h13-14H,5-12H2,1-4H3. The van der Waals surface area contributed by atoms with Gasteiger partial charge in [0, 0.05) is 12.8 Å². The Morgan fingerprint density at radius 1 is 0.760 bits per heavy atom.